The minimum atomic E-state index is -4.09. The average Bonchev–Trinajstić information content (AvgIpc) is 3.57. The first-order chi connectivity index (χ1) is 23.8. The van der Waals surface area contributed by atoms with Gasteiger partial charge in [0.2, 0.25) is 32.7 Å². The van der Waals surface area contributed by atoms with Gasteiger partial charge in [0.1, 0.15) is 0 Å². The van der Waals surface area contributed by atoms with E-state index in [-0.39, 0.29) is 37.1 Å². The molecule has 1 aromatic heterocycles. The topological polar surface area (TPSA) is 159 Å². The van der Waals surface area contributed by atoms with Crippen molar-refractivity contribution in [3.63, 3.8) is 0 Å². The van der Waals surface area contributed by atoms with Crippen molar-refractivity contribution in [3.8, 4) is 11.5 Å². The zero-order valence-corrected chi connectivity index (χ0v) is 30.4. The third kappa shape index (κ3) is 9.80. The number of amides is 1. The Morgan fingerprint density at radius 3 is 2.26 bits per heavy atom. The number of carbonyl (C=O) groups excluding carboxylic acids is 1. The van der Waals surface area contributed by atoms with Gasteiger partial charge in [-0.3, -0.25) is 14.7 Å². The predicted octanol–water partition coefficient (Wildman–Crippen LogP) is 2.33. The lowest BCUT2D eigenvalue weighted by atomic mass is 10.00. The van der Waals surface area contributed by atoms with E-state index in [4.69, 9.17) is 9.47 Å². The van der Waals surface area contributed by atoms with Crippen molar-refractivity contribution in [1.82, 2.24) is 23.8 Å². The molecule has 1 saturated heterocycles. The first-order valence-electron chi connectivity index (χ1n) is 16.8. The lowest BCUT2D eigenvalue weighted by molar-refractivity contribution is -0.125. The van der Waals surface area contributed by atoms with Crippen LogP contribution in [-0.2, 0) is 37.8 Å². The van der Waals surface area contributed by atoms with Crippen molar-refractivity contribution in [2.75, 3.05) is 51.8 Å². The Morgan fingerprint density at radius 2 is 1.58 bits per heavy atom. The number of nitrogens with one attached hydrogen (secondary N) is 1. The zero-order valence-electron chi connectivity index (χ0n) is 28.7. The van der Waals surface area contributed by atoms with E-state index in [2.05, 4.69) is 15.2 Å². The summed E-state index contributed by atoms with van der Waals surface area (Å²) in [5.41, 5.74) is 1.92. The summed E-state index contributed by atoms with van der Waals surface area (Å²) >= 11 is 0. The average molecular weight is 730 g/mol. The van der Waals surface area contributed by atoms with Crippen LogP contribution in [0.25, 0.3) is 0 Å². The van der Waals surface area contributed by atoms with Crippen LogP contribution < -0.4 is 14.8 Å². The summed E-state index contributed by atoms with van der Waals surface area (Å²) in [5.74, 6) is -1.17. The van der Waals surface area contributed by atoms with Gasteiger partial charge in [-0.15, -0.1) is 0 Å². The van der Waals surface area contributed by atoms with Crippen molar-refractivity contribution >= 4 is 26.0 Å². The predicted molar refractivity (Wildman–Crippen MR) is 188 cm³/mol. The fourth-order valence-corrected chi connectivity index (χ4v) is 9.44. The number of hydrogen-bond donors (Lipinski definition) is 2. The summed E-state index contributed by atoms with van der Waals surface area (Å²) in [5, 5.41) is 14.5. The molecule has 2 aliphatic heterocycles. The summed E-state index contributed by atoms with van der Waals surface area (Å²) in [6.07, 6.45) is 2.35. The van der Waals surface area contributed by atoms with Crippen LogP contribution in [0, 0.1) is 11.8 Å². The maximum atomic E-state index is 13.9. The largest absolute Gasteiger partial charge is 0.454 e. The van der Waals surface area contributed by atoms with E-state index < -0.39 is 49.8 Å². The van der Waals surface area contributed by atoms with Gasteiger partial charge in [0.05, 0.1) is 28.7 Å². The van der Waals surface area contributed by atoms with E-state index in [9.17, 15) is 26.7 Å². The number of piperazine rings is 1. The first kappa shape index (κ1) is 37.7. The molecule has 15 heteroatoms. The lowest BCUT2D eigenvalue weighted by Crippen LogP contribution is -2.53. The van der Waals surface area contributed by atoms with Gasteiger partial charge in [0.15, 0.2) is 11.5 Å². The molecule has 0 saturated carbocycles. The highest BCUT2D eigenvalue weighted by Gasteiger charge is 2.35. The molecule has 3 aromatic rings. The number of benzene rings is 2. The van der Waals surface area contributed by atoms with Crippen LogP contribution in [0.1, 0.15) is 31.9 Å². The van der Waals surface area contributed by atoms with Crippen molar-refractivity contribution in [2.45, 2.75) is 50.8 Å². The monoisotopic (exact) mass is 729 g/mol. The second-order valence-corrected chi connectivity index (χ2v) is 17.3. The number of fused-ring (bicyclic) bond motifs is 1. The highest BCUT2D eigenvalue weighted by Crippen LogP contribution is 2.35. The fraction of sp³-hybridized carbons (Fsp3) is 0.486. The molecule has 3 unspecified atom stereocenters. The van der Waals surface area contributed by atoms with Crippen LogP contribution in [0.15, 0.2) is 78.0 Å². The van der Waals surface area contributed by atoms with Crippen LogP contribution in [-0.4, -0.2) is 110 Å². The number of sulfonamides is 2. The minimum absolute atomic E-state index is 0.00249. The number of hydrogen-bond acceptors (Lipinski definition) is 10. The number of aromatic nitrogens is 1. The van der Waals surface area contributed by atoms with Gasteiger partial charge in [0.25, 0.3) is 0 Å². The smallest absolute Gasteiger partial charge is 0.243 e. The molecular weight excluding hydrogens is 683 g/mol. The number of rotatable bonds is 16. The summed E-state index contributed by atoms with van der Waals surface area (Å²) in [7, 11) is -7.85. The number of nitrogens with zero attached hydrogens (tertiary/aromatic N) is 4. The molecule has 0 spiro atoms. The van der Waals surface area contributed by atoms with Crippen molar-refractivity contribution in [2.24, 2.45) is 11.8 Å². The Balaban J connectivity index is 1.26. The molecule has 2 N–H and O–H groups in total. The normalized spacial score (nSPS) is 17.5. The van der Waals surface area contributed by atoms with Crippen molar-refractivity contribution < 1.29 is 36.2 Å². The van der Waals surface area contributed by atoms with Crippen LogP contribution >= 0.6 is 0 Å². The summed E-state index contributed by atoms with van der Waals surface area (Å²) in [6, 6.07) is 16.6. The highest BCUT2D eigenvalue weighted by atomic mass is 32.2. The molecule has 3 atom stereocenters. The van der Waals surface area contributed by atoms with E-state index >= 15 is 0 Å². The SMILES string of the molecule is CC(C)CN(CC(O)C(Cc1ccccc1)NC(=O)C(C)CS(=O)(=O)N1CCN(Cc2ccncc2)CC1)S(=O)(=O)c1ccc2c(c1)OCO2. The quantitative estimate of drug-likeness (QED) is 0.224. The third-order valence-corrected chi connectivity index (χ3v) is 12.7. The molecule has 5 rings (SSSR count). The van der Waals surface area contributed by atoms with Crippen LogP contribution in [0.5, 0.6) is 11.5 Å². The van der Waals surface area contributed by atoms with Gasteiger partial charge in [-0.2, -0.15) is 8.61 Å². The molecule has 0 aliphatic carbocycles. The van der Waals surface area contributed by atoms with E-state index in [0.29, 0.717) is 44.2 Å². The van der Waals surface area contributed by atoms with Crippen molar-refractivity contribution in [1.29, 1.82) is 0 Å². The Bertz CT molecular complexity index is 1790. The van der Waals surface area contributed by atoms with Crippen LogP contribution in [0.3, 0.4) is 0 Å². The van der Waals surface area contributed by atoms with Gasteiger partial charge in [-0.1, -0.05) is 51.1 Å². The third-order valence-electron chi connectivity index (χ3n) is 8.82. The van der Waals surface area contributed by atoms with E-state index in [1.165, 1.54) is 26.8 Å². The number of aliphatic hydroxyl groups is 1. The van der Waals surface area contributed by atoms with Crippen molar-refractivity contribution in [3.05, 3.63) is 84.2 Å². The Kier molecular flexibility index (Phi) is 12.5. The second kappa shape index (κ2) is 16.6. The number of ether oxygens (including phenoxy) is 2. The highest BCUT2D eigenvalue weighted by molar-refractivity contribution is 7.89. The molecule has 2 aliphatic rings. The molecule has 272 valence electrons. The van der Waals surface area contributed by atoms with Crippen LogP contribution in [0.2, 0.25) is 0 Å². The Morgan fingerprint density at radius 1 is 0.900 bits per heavy atom. The molecule has 1 fully saturated rings. The molecule has 1 amide bonds. The van der Waals surface area contributed by atoms with E-state index in [1.807, 2.05) is 56.3 Å². The van der Waals surface area contributed by atoms with Gasteiger partial charge in [-0.05, 0) is 47.7 Å². The molecule has 3 heterocycles. The summed E-state index contributed by atoms with van der Waals surface area (Å²) in [4.78, 5) is 19.8. The maximum Gasteiger partial charge on any atom is 0.243 e. The maximum absolute atomic E-state index is 13.9. The fourth-order valence-electron chi connectivity index (χ4n) is 6.09. The molecule has 0 radical (unpaired) electrons. The van der Waals surface area contributed by atoms with E-state index in [1.54, 1.807) is 19.3 Å². The van der Waals surface area contributed by atoms with Crippen LogP contribution in [0.4, 0.5) is 0 Å². The lowest BCUT2D eigenvalue weighted by Gasteiger charge is -2.34. The van der Waals surface area contributed by atoms with Gasteiger partial charge < -0.3 is 19.9 Å². The van der Waals surface area contributed by atoms with Gasteiger partial charge in [-0.25, -0.2) is 16.8 Å². The minimum Gasteiger partial charge on any atom is -0.454 e. The summed E-state index contributed by atoms with van der Waals surface area (Å²) < 4.78 is 68.0. The number of pyridine rings is 1. The molecule has 2 aromatic carbocycles. The first-order valence-corrected chi connectivity index (χ1v) is 19.9. The standard InChI is InChI=1S/C35H47N5O8S2/c1-26(2)21-40(50(45,46)30-9-10-33-34(20-30)48-25-47-33)23-32(41)31(19-28-7-5-4-6-8-28)37-35(42)27(3)24-49(43,44)39-17-15-38(16-18-39)22-29-11-13-36-14-12-29/h4-14,20,26-27,31-32,41H,15-19,21-25H2,1-3H3,(H,37,42). The number of carbonyl (C=O) groups is 1. The number of aliphatic hydroxyl groups excluding tert-OH is 1. The molecule has 50 heavy (non-hydrogen) atoms. The Labute approximate surface area is 295 Å². The van der Waals surface area contributed by atoms with Gasteiger partial charge in [0, 0.05) is 64.3 Å². The molecule has 0 bridgehead atoms. The molecule has 13 nitrogen and oxygen atoms in total. The summed E-state index contributed by atoms with van der Waals surface area (Å²) in [6.45, 7) is 7.58. The second-order valence-electron chi connectivity index (χ2n) is 13.3. The zero-order chi connectivity index (χ0) is 35.9. The van der Waals surface area contributed by atoms with E-state index in [0.717, 1.165) is 11.1 Å². The Hall–Kier alpha value is -3.60. The molecular formula is C35H47N5O8S2. The van der Waals surface area contributed by atoms with Gasteiger partial charge >= 0.3 is 0 Å².